The van der Waals surface area contributed by atoms with E-state index in [1.807, 2.05) is 37.3 Å². The standard InChI is InChI=1S/C19H24N2O3/c1-14(20-15(2)22)12-16-4-6-17(7-5-16)18-8-9-21(10-11-24-3)19(23)13-18/h4-9,13-14H,10-12H2,1-3H3,(H,20,22). The number of pyridine rings is 1. The molecule has 1 aromatic carbocycles. The molecule has 0 aliphatic carbocycles. The van der Waals surface area contributed by atoms with E-state index in [2.05, 4.69) is 5.32 Å². The average molecular weight is 328 g/mol. The molecule has 0 bridgehead atoms. The minimum Gasteiger partial charge on any atom is -0.383 e. The molecule has 5 heteroatoms. The zero-order valence-corrected chi connectivity index (χ0v) is 14.4. The van der Waals surface area contributed by atoms with E-state index < -0.39 is 0 Å². The van der Waals surface area contributed by atoms with Crippen LogP contribution >= 0.6 is 0 Å². The van der Waals surface area contributed by atoms with Gasteiger partial charge >= 0.3 is 0 Å². The highest BCUT2D eigenvalue weighted by molar-refractivity contribution is 5.73. The van der Waals surface area contributed by atoms with Crippen molar-refractivity contribution in [1.82, 2.24) is 9.88 Å². The van der Waals surface area contributed by atoms with Crippen molar-refractivity contribution in [2.24, 2.45) is 0 Å². The molecule has 0 saturated heterocycles. The van der Waals surface area contributed by atoms with Crippen molar-refractivity contribution >= 4 is 5.91 Å². The Kier molecular flexibility index (Phi) is 6.32. The van der Waals surface area contributed by atoms with E-state index in [1.54, 1.807) is 23.9 Å². The fourth-order valence-corrected chi connectivity index (χ4v) is 2.65. The van der Waals surface area contributed by atoms with Gasteiger partial charge in [-0.1, -0.05) is 24.3 Å². The Morgan fingerprint density at radius 2 is 1.92 bits per heavy atom. The van der Waals surface area contributed by atoms with Crippen molar-refractivity contribution < 1.29 is 9.53 Å². The maximum atomic E-state index is 12.1. The zero-order valence-electron chi connectivity index (χ0n) is 14.4. The summed E-state index contributed by atoms with van der Waals surface area (Å²) in [6.45, 7) is 4.57. The van der Waals surface area contributed by atoms with Crippen molar-refractivity contribution in [2.75, 3.05) is 13.7 Å². The summed E-state index contributed by atoms with van der Waals surface area (Å²) in [4.78, 5) is 23.2. The largest absolute Gasteiger partial charge is 0.383 e. The fraction of sp³-hybridized carbons (Fsp3) is 0.368. The van der Waals surface area contributed by atoms with E-state index >= 15 is 0 Å². The summed E-state index contributed by atoms with van der Waals surface area (Å²) in [7, 11) is 1.62. The third-order valence-corrected chi connectivity index (χ3v) is 3.81. The van der Waals surface area contributed by atoms with Crippen LogP contribution in [0.4, 0.5) is 0 Å². The predicted octanol–water partition coefficient (Wildman–Crippen LogP) is 2.23. The predicted molar refractivity (Wildman–Crippen MR) is 95.0 cm³/mol. The molecule has 1 N–H and O–H groups in total. The van der Waals surface area contributed by atoms with Gasteiger partial charge in [-0.2, -0.15) is 0 Å². The lowest BCUT2D eigenvalue weighted by molar-refractivity contribution is -0.119. The average Bonchev–Trinajstić information content (AvgIpc) is 2.53. The molecule has 128 valence electrons. The molecule has 2 rings (SSSR count). The van der Waals surface area contributed by atoms with Crippen LogP contribution in [0.3, 0.4) is 0 Å². The minimum atomic E-state index is -0.0343. The lowest BCUT2D eigenvalue weighted by atomic mass is 10.0. The van der Waals surface area contributed by atoms with E-state index in [1.165, 1.54) is 6.92 Å². The van der Waals surface area contributed by atoms with Crippen LogP contribution in [0.25, 0.3) is 11.1 Å². The number of aromatic nitrogens is 1. The number of methoxy groups -OCH3 is 1. The summed E-state index contributed by atoms with van der Waals surface area (Å²) in [6, 6.07) is 11.7. The second-order valence-electron chi connectivity index (χ2n) is 5.94. The third-order valence-electron chi connectivity index (χ3n) is 3.81. The molecule has 0 saturated carbocycles. The first-order valence-electron chi connectivity index (χ1n) is 8.05. The first kappa shape index (κ1) is 17.9. The van der Waals surface area contributed by atoms with E-state index in [-0.39, 0.29) is 17.5 Å². The highest BCUT2D eigenvalue weighted by atomic mass is 16.5. The number of rotatable bonds is 7. The molecule has 1 heterocycles. The molecule has 1 unspecified atom stereocenters. The fourth-order valence-electron chi connectivity index (χ4n) is 2.65. The highest BCUT2D eigenvalue weighted by Crippen LogP contribution is 2.18. The Balaban J connectivity index is 2.09. The summed E-state index contributed by atoms with van der Waals surface area (Å²) in [5, 5.41) is 2.87. The van der Waals surface area contributed by atoms with Gasteiger partial charge in [0.15, 0.2) is 0 Å². The number of carbonyl (C=O) groups is 1. The quantitative estimate of drug-likeness (QED) is 0.848. The summed E-state index contributed by atoms with van der Waals surface area (Å²) >= 11 is 0. The molecule has 2 aromatic rings. The molecular formula is C19H24N2O3. The first-order chi connectivity index (χ1) is 11.5. The molecule has 1 aromatic heterocycles. The number of nitrogens with one attached hydrogen (secondary N) is 1. The Labute approximate surface area is 142 Å². The lowest BCUT2D eigenvalue weighted by Gasteiger charge is -2.13. The van der Waals surface area contributed by atoms with Gasteiger partial charge in [0.2, 0.25) is 5.91 Å². The number of ether oxygens (including phenoxy) is 1. The maximum absolute atomic E-state index is 12.1. The van der Waals surface area contributed by atoms with Gasteiger partial charge in [0.25, 0.3) is 5.56 Å². The summed E-state index contributed by atoms with van der Waals surface area (Å²) in [6.07, 6.45) is 2.57. The second-order valence-corrected chi connectivity index (χ2v) is 5.94. The van der Waals surface area contributed by atoms with Gasteiger partial charge in [0.05, 0.1) is 6.61 Å². The Hall–Kier alpha value is -2.40. The van der Waals surface area contributed by atoms with Crippen LogP contribution in [0.15, 0.2) is 47.4 Å². The van der Waals surface area contributed by atoms with Crippen molar-refractivity contribution in [3.05, 3.63) is 58.5 Å². The number of hydrogen-bond acceptors (Lipinski definition) is 3. The molecule has 0 aliphatic rings. The van der Waals surface area contributed by atoms with E-state index in [0.29, 0.717) is 13.2 Å². The summed E-state index contributed by atoms with van der Waals surface area (Å²) in [5.74, 6) is -0.0202. The van der Waals surface area contributed by atoms with Crippen molar-refractivity contribution in [2.45, 2.75) is 32.9 Å². The van der Waals surface area contributed by atoms with E-state index in [4.69, 9.17) is 4.74 Å². The Morgan fingerprint density at radius 3 is 2.50 bits per heavy atom. The van der Waals surface area contributed by atoms with Crippen LogP contribution in [0, 0.1) is 0 Å². The minimum absolute atomic E-state index is 0.0202. The molecule has 0 spiro atoms. The molecule has 5 nitrogen and oxygen atoms in total. The Morgan fingerprint density at radius 1 is 1.21 bits per heavy atom. The third kappa shape index (κ3) is 5.06. The molecule has 1 amide bonds. The van der Waals surface area contributed by atoms with Crippen LogP contribution < -0.4 is 10.9 Å². The van der Waals surface area contributed by atoms with E-state index in [9.17, 15) is 9.59 Å². The number of nitrogens with zero attached hydrogens (tertiary/aromatic N) is 1. The number of amides is 1. The lowest BCUT2D eigenvalue weighted by Crippen LogP contribution is -2.31. The van der Waals surface area contributed by atoms with Crippen LogP contribution in [-0.4, -0.2) is 30.2 Å². The molecule has 1 atom stereocenters. The van der Waals surface area contributed by atoms with Crippen LogP contribution in [0.5, 0.6) is 0 Å². The number of hydrogen-bond donors (Lipinski definition) is 1. The van der Waals surface area contributed by atoms with Crippen LogP contribution in [0.2, 0.25) is 0 Å². The number of carbonyl (C=O) groups excluding carboxylic acids is 1. The van der Waals surface area contributed by atoms with Gasteiger partial charge in [0, 0.05) is 38.9 Å². The van der Waals surface area contributed by atoms with Gasteiger partial charge < -0.3 is 14.6 Å². The molecule has 0 radical (unpaired) electrons. The van der Waals surface area contributed by atoms with Crippen molar-refractivity contribution in [3.63, 3.8) is 0 Å². The van der Waals surface area contributed by atoms with Crippen LogP contribution in [0.1, 0.15) is 19.4 Å². The van der Waals surface area contributed by atoms with E-state index in [0.717, 1.165) is 23.1 Å². The van der Waals surface area contributed by atoms with Gasteiger partial charge in [-0.3, -0.25) is 9.59 Å². The van der Waals surface area contributed by atoms with Crippen molar-refractivity contribution in [1.29, 1.82) is 0 Å². The second kappa shape index (κ2) is 8.45. The van der Waals surface area contributed by atoms with Crippen molar-refractivity contribution in [3.8, 4) is 11.1 Å². The van der Waals surface area contributed by atoms with Gasteiger partial charge in [-0.15, -0.1) is 0 Å². The molecule has 0 fully saturated rings. The smallest absolute Gasteiger partial charge is 0.251 e. The molecular weight excluding hydrogens is 304 g/mol. The summed E-state index contributed by atoms with van der Waals surface area (Å²) in [5.41, 5.74) is 3.01. The first-order valence-corrected chi connectivity index (χ1v) is 8.05. The van der Waals surface area contributed by atoms with Gasteiger partial charge in [0.1, 0.15) is 0 Å². The van der Waals surface area contributed by atoms with Gasteiger partial charge in [-0.25, -0.2) is 0 Å². The topological polar surface area (TPSA) is 60.3 Å². The van der Waals surface area contributed by atoms with Gasteiger partial charge in [-0.05, 0) is 36.1 Å². The Bertz CT molecular complexity index is 735. The monoisotopic (exact) mass is 328 g/mol. The maximum Gasteiger partial charge on any atom is 0.251 e. The normalized spacial score (nSPS) is 12.0. The highest BCUT2D eigenvalue weighted by Gasteiger charge is 2.06. The van der Waals surface area contributed by atoms with Crippen LogP contribution in [-0.2, 0) is 22.5 Å². The SMILES string of the molecule is COCCn1ccc(-c2ccc(CC(C)NC(C)=O)cc2)cc1=O. The zero-order chi connectivity index (χ0) is 17.5. The summed E-state index contributed by atoms with van der Waals surface area (Å²) < 4.78 is 6.63. The molecule has 24 heavy (non-hydrogen) atoms. The molecule has 0 aliphatic heterocycles. The number of benzene rings is 1.